The number of ether oxygens (including phenoxy) is 1. The van der Waals surface area contributed by atoms with Gasteiger partial charge in [-0.3, -0.25) is 4.21 Å². The van der Waals surface area contributed by atoms with Crippen molar-refractivity contribution in [2.45, 2.75) is 4.90 Å². The lowest BCUT2D eigenvalue weighted by Crippen LogP contribution is -1.87. The van der Waals surface area contributed by atoms with E-state index in [2.05, 4.69) is 0 Å². The Morgan fingerprint density at radius 1 is 1.07 bits per heavy atom. The van der Waals surface area contributed by atoms with E-state index in [-0.39, 0.29) is 0 Å². The Labute approximate surface area is 91.3 Å². The minimum atomic E-state index is -0.923. The van der Waals surface area contributed by atoms with E-state index in [1.54, 1.807) is 13.4 Å². The Morgan fingerprint density at radius 3 is 2.40 bits per heavy atom. The first-order valence-electron chi connectivity index (χ1n) is 4.62. The van der Waals surface area contributed by atoms with Crippen LogP contribution in [0.4, 0.5) is 0 Å². The molecule has 3 heteroatoms. The molecule has 0 amide bonds. The summed E-state index contributed by atoms with van der Waals surface area (Å²) in [7, 11) is 0.726. The van der Waals surface area contributed by atoms with Crippen LogP contribution in [0.3, 0.4) is 0 Å². The number of rotatable bonds is 2. The Morgan fingerprint density at radius 2 is 1.73 bits per heavy atom. The molecule has 78 valence electrons. The Kier molecular flexibility index (Phi) is 2.73. The molecular formula is C12H12O2S. The van der Waals surface area contributed by atoms with Gasteiger partial charge in [-0.25, -0.2) is 0 Å². The van der Waals surface area contributed by atoms with Gasteiger partial charge in [-0.15, -0.1) is 0 Å². The number of hydrogen-bond donors (Lipinski definition) is 0. The predicted octanol–water partition coefficient (Wildman–Crippen LogP) is 2.59. The standard InChI is InChI=1S/C12H12O2S/c1-14-11-5-3-10-8-12(15(2)13)6-4-9(10)7-11/h3-8H,1-2H3. The molecule has 2 rings (SSSR count). The summed E-state index contributed by atoms with van der Waals surface area (Å²) in [5, 5.41) is 2.19. The lowest BCUT2D eigenvalue weighted by atomic mass is 10.1. The molecule has 1 unspecified atom stereocenters. The van der Waals surface area contributed by atoms with Gasteiger partial charge < -0.3 is 4.74 Å². The van der Waals surface area contributed by atoms with E-state index in [4.69, 9.17) is 4.74 Å². The van der Waals surface area contributed by atoms with Gasteiger partial charge in [0.25, 0.3) is 0 Å². The first-order valence-corrected chi connectivity index (χ1v) is 6.18. The highest BCUT2D eigenvalue weighted by atomic mass is 32.2. The summed E-state index contributed by atoms with van der Waals surface area (Å²) in [6.45, 7) is 0. The third kappa shape index (κ3) is 2.02. The summed E-state index contributed by atoms with van der Waals surface area (Å²) in [6, 6.07) is 11.7. The molecule has 0 bridgehead atoms. The maximum absolute atomic E-state index is 11.3. The van der Waals surface area contributed by atoms with Crippen LogP contribution in [0.5, 0.6) is 5.75 Å². The van der Waals surface area contributed by atoms with Crippen LogP contribution in [-0.4, -0.2) is 17.6 Å². The molecule has 0 aromatic heterocycles. The van der Waals surface area contributed by atoms with Gasteiger partial charge >= 0.3 is 0 Å². The van der Waals surface area contributed by atoms with Gasteiger partial charge in [0.2, 0.25) is 0 Å². The average Bonchev–Trinajstić information content (AvgIpc) is 2.27. The maximum atomic E-state index is 11.3. The zero-order valence-corrected chi connectivity index (χ0v) is 9.51. The van der Waals surface area contributed by atoms with E-state index >= 15 is 0 Å². The van der Waals surface area contributed by atoms with Crippen molar-refractivity contribution in [3.05, 3.63) is 36.4 Å². The molecule has 2 aromatic carbocycles. The van der Waals surface area contributed by atoms with Crippen LogP contribution in [0.1, 0.15) is 0 Å². The summed E-state index contributed by atoms with van der Waals surface area (Å²) in [4.78, 5) is 0.854. The van der Waals surface area contributed by atoms with Crippen LogP contribution < -0.4 is 4.74 Å². The minimum Gasteiger partial charge on any atom is -0.497 e. The fraction of sp³-hybridized carbons (Fsp3) is 0.167. The van der Waals surface area contributed by atoms with Crippen molar-refractivity contribution < 1.29 is 8.95 Å². The van der Waals surface area contributed by atoms with Gasteiger partial charge in [0.1, 0.15) is 5.75 Å². The van der Waals surface area contributed by atoms with E-state index in [0.29, 0.717) is 0 Å². The molecule has 0 N–H and O–H groups in total. The molecule has 0 fully saturated rings. The highest BCUT2D eigenvalue weighted by Gasteiger charge is 2.00. The molecule has 2 nitrogen and oxygen atoms in total. The second-order valence-electron chi connectivity index (χ2n) is 3.33. The van der Waals surface area contributed by atoms with Gasteiger partial charge in [0.15, 0.2) is 0 Å². The van der Waals surface area contributed by atoms with Crippen LogP contribution in [-0.2, 0) is 10.8 Å². The number of fused-ring (bicyclic) bond motifs is 1. The molecule has 1 atom stereocenters. The normalized spacial score (nSPS) is 12.7. The van der Waals surface area contributed by atoms with E-state index in [9.17, 15) is 4.21 Å². The molecule has 15 heavy (non-hydrogen) atoms. The first kappa shape index (κ1) is 10.2. The summed E-state index contributed by atoms with van der Waals surface area (Å²) in [6.07, 6.45) is 1.69. The first-order chi connectivity index (χ1) is 7.20. The predicted molar refractivity (Wildman–Crippen MR) is 62.8 cm³/mol. The van der Waals surface area contributed by atoms with Crippen molar-refractivity contribution >= 4 is 21.6 Å². The largest absolute Gasteiger partial charge is 0.497 e. The molecule has 0 aliphatic heterocycles. The highest BCUT2D eigenvalue weighted by Crippen LogP contribution is 2.22. The van der Waals surface area contributed by atoms with E-state index < -0.39 is 10.8 Å². The smallest absolute Gasteiger partial charge is 0.119 e. The van der Waals surface area contributed by atoms with Crippen molar-refractivity contribution in [3.63, 3.8) is 0 Å². The van der Waals surface area contributed by atoms with Crippen molar-refractivity contribution in [2.24, 2.45) is 0 Å². The van der Waals surface area contributed by atoms with Crippen LogP contribution >= 0.6 is 0 Å². The quantitative estimate of drug-likeness (QED) is 0.777. The second kappa shape index (κ2) is 4.03. The van der Waals surface area contributed by atoms with Gasteiger partial charge in [0.05, 0.1) is 7.11 Å². The zero-order chi connectivity index (χ0) is 10.8. The molecule has 0 saturated carbocycles. The van der Waals surface area contributed by atoms with Gasteiger partial charge in [0, 0.05) is 22.0 Å². The third-order valence-corrected chi connectivity index (χ3v) is 3.27. The summed E-state index contributed by atoms with van der Waals surface area (Å²) in [5.41, 5.74) is 0. The van der Waals surface area contributed by atoms with Crippen LogP contribution in [0.15, 0.2) is 41.3 Å². The Bertz CT molecular complexity index is 520. The van der Waals surface area contributed by atoms with Crippen molar-refractivity contribution in [1.29, 1.82) is 0 Å². The fourth-order valence-corrected chi connectivity index (χ4v) is 2.06. The van der Waals surface area contributed by atoms with Crippen molar-refractivity contribution in [1.82, 2.24) is 0 Å². The SMILES string of the molecule is COc1ccc2cc(S(C)=O)ccc2c1. The van der Waals surface area contributed by atoms with Gasteiger partial charge in [-0.05, 0) is 35.0 Å². The lowest BCUT2D eigenvalue weighted by molar-refractivity contribution is 0.415. The monoisotopic (exact) mass is 220 g/mol. The van der Waals surface area contributed by atoms with Crippen LogP contribution in [0.25, 0.3) is 10.8 Å². The van der Waals surface area contributed by atoms with Gasteiger partial charge in [-0.2, -0.15) is 0 Å². The molecule has 0 aliphatic rings. The fourth-order valence-electron chi connectivity index (χ4n) is 1.51. The van der Waals surface area contributed by atoms with E-state index in [0.717, 1.165) is 21.4 Å². The second-order valence-corrected chi connectivity index (χ2v) is 4.71. The van der Waals surface area contributed by atoms with Crippen molar-refractivity contribution in [2.75, 3.05) is 13.4 Å². The minimum absolute atomic E-state index is 0.841. The molecular weight excluding hydrogens is 208 g/mol. The summed E-state index contributed by atoms with van der Waals surface area (Å²) in [5.74, 6) is 0.841. The van der Waals surface area contributed by atoms with E-state index in [1.165, 1.54) is 0 Å². The number of hydrogen-bond acceptors (Lipinski definition) is 2. The summed E-state index contributed by atoms with van der Waals surface area (Å²) >= 11 is 0. The molecule has 0 spiro atoms. The molecule has 0 aliphatic carbocycles. The highest BCUT2D eigenvalue weighted by molar-refractivity contribution is 7.84. The topological polar surface area (TPSA) is 26.3 Å². The van der Waals surface area contributed by atoms with E-state index in [1.807, 2.05) is 36.4 Å². The Balaban J connectivity index is 2.59. The third-order valence-electron chi connectivity index (χ3n) is 2.35. The summed E-state index contributed by atoms with van der Waals surface area (Å²) < 4.78 is 16.4. The van der Waals surface area contributed by atoms with Crippen LogP contribution in [0.2, 0.25) is 0 Å². The zero-order valence-electron chi connectivity index (χ0n) is 8.69. The molecule has 2 aromatic rings. The molecule has 0 heterocycles. The van der Waals surface area contributed by atoms with Crippen LogP contribution in [0, 0.1) is 0 Å². The number of methoxy groups -OCH3 is 1. The molecule has 0 saturated heterocycles. The number of benzene rings is 2. The van der Waals surface area contributed by atoms with Crippen molar-refractivity contribution in [3.8, 4) is 5.75 Å². The lowest BCUT2D eigenvalue weighted by Gasteiger charge is -2.03. The molecule has 0 radical (unpaired) electrons. The maximum Gasteiger partial charge on any atom is 0.119 e. The Hall–Kier alpha value is -1.35. The van der Waals surface area contributed by atoms with Gasteiger partial charge in [-0.1, -0.05) is 12.1 Å². The average molecular weight is 220 g/mol.